The molecule has 2 bridgehead atoms. The summed E-state index contributed by atoms with van der Waals surface area (Å²) in [6, 6.07) is 0.247. The molecule has 2 aromatic heterocycles. The molecule has 0 saturated carbocycles. The van der Waals surface area contributed by atoms with Crippen molar-refractivity contribution >= 4 is 23.1 Å². The first-order chi connectivity index (χ1) is 12.4. The van der Waals surface area contributed by atoms with Crippen molar-refractivity contribution in [2.75, 3.05) is 22.9 Å². The van der Waals surface area contributed by atoms with Crippen LogP contribution in [0.25, 0.3) is 0 Å². The number of hydrogen-bond donors (Lipinski definition) is 0. The average Bonchev–Trinajstić information content (AvgIpc) is 2.61. The number of piperazine rings is 1. The van der Waals surface area contributed by atoms with Gasteiger partial charge in [0.05, 0.1) is 29.7 Å². The molecule has 2 atom stereocenters. The number of halogens is 2. The molecule has 5 heterocycles. The van der Waals surface area contributed by atoms with Crippen LogP contribution in [0.5, 0.6) is 0 Å². The van der Waals surface area contributed by atoms with Crippen molar-refractivity contribution < 1.29 is 4.39 Å². The molecule has 0 spiro atoms. The van der Waals surface area contributed by atoms with Gasteiger partial charge in [-0.3, -0.25) is 4.79 Å². The SMILES string of the molecule is CC(C)c1ncnc(N2C3CC2CN(c2cnn(C)c(=O)c2Cl)C3)c1F. The molecule has 0 amide bonds. The number of rotatable bonds is 3. The molecule has 0 N–H and O–H groups in total. The summed E-state index contributed by atoms with van der Waals surface area (Å²) in [4.78, 5) is 24.4. The molecule has 0 radical (unpaired) electrons. The summed E-state index contributed by atoms with van der Waals surface area (Å²) < 4.78 is 16.0. The molecule has 5 rings (SSSR count). The predicted molar refractivity (Wildman–Crippen MR) is 97.5 cm³/mol. The number of aromatic nitrogens is 4. The normalized spacial score (nSPS) is 21.9. The Morgan fingerprint density at radius 3 is 2.62 bits per heavy atom. The molecule has 2 unspecified atom stereocenters. The van der Waals surface area contributed by atoms with Crippen LogP contribution < -0.4 is 15.4 Å². The van der Waals surface area contributed by atoms with Gasteiger partial charge in [0.2, 0.25) is 0 Å². The Kier molecular flexibility index (Phi) is 4.10. The minimum atomic E-state index is -0.334. The maximum Gasteiger partial charge on any atom is 0.287 e. The maximum atomic E-state index is 14.8. The van der Waals surface area contributed by atoms with Crippen LogP contribution >= 0.6 is 11.6 Å². The number of aryl methyl sites for hydroxylation is 1. The van der Waals surface area contributed by atoms with Crippen molar-refractivity contribution in [2.45, 2.75) is 38.3 Å². The Balaban J connectivity index is 1.60. The van der Waals surface area contributed by atoms with E-state index in [1.54, 1.807) is 13.2 Å². The van der Waals surface area contributed by atoms with Gasteiger partial charge in [-0.15, -0.1) is 0 Å². The molecule has 9 heteroatoms. The van der Waals surface area contributed by atoms with E-state index in [-0.39, 0.29) is 34.4 Å². The molecule has 26 heavy (non-hydrogen) atoms. The molecule has 3 saturated heterocycles. The first-order valence-corrected chi connectivity index (χ1v) is 9.01. The highest BCUT2D eigenvalue weighted by Crippen LogP contribution is 2.40. The Morgan fingerprint density at radius 2 is 1.96 bits per heavy atom. The number of piperidine rings is 1. The summed E-state index contributed by atoms with van der Waals surface area (Å²) in [6.07, 6.45) is 4.01. The van der Waals surface area contributed by atoms with Crippen molar-refractivity contribution in [1.82, 2.24) is 19.7 Å². The standard InChI is InChI=1S/C17H20ClFN6O/c1-9(2)15-14(19)16(21-8-20-15)25-10-4-11(25)7-24(6-10)12-5-22-23(3)17(26)13(12)18/h5,8-11H,4,6-7H2,1-3H3. The van der Waals surface area contributed by atoms with Crippen LogP contribution in [-0.2, 0) is 7.05 Å². The van der Waals surface area contributed by atoms with Crippen LogP contribution in [0.3, 0.4) is 0 Å². The summed E-state index contributed by atoms with van der Waals surface area (Å²) in [5, 5.41) is 4.23. The van der Waals surface area contributed by atoms with Gasteiger partial charge in [-0.05, 0) is 12.3 Å². The van der Waals surface area contributed by atoms with Gasteiger partial charge < -0.3 is 9.80 Å². The van der Waals surface area contributed by atoms with E-state index in [4.69, 9.17) is 11.6 Å². The van der Waals surface area contributed by atoms with E-state index in [2.05, 4.69) is 20.0 Å². The van der Waals surface area contributed by atoms with Crippen LogP contribution in [0.2, 0.25) is 5.02 Å². The van der Waals surface area contributed by atoms with Crippen LogP contribution in [0, 0.1) is 5.82 Å². The fourth-order valence-electron chi connectivity index (χ4n) is 3.83. The maximum absolute atomic E-state index is 14.8. The Labute approximate surface area is 155 Å². The lowest BCUT2D eigenvalue weighted by Gasteiger charge is -2.57. The monoisotopic (exact) mass is 378 g/mol. The van der Waals surface area contributed by atoms with Gasteiger partial charge in [0.1, 0.15) is 11.3 Å². The Morgan fingerprint density at radius 1 is 1.27 bits per heavy atom. The number of nitrogens with zero attached hydrogens (tertiary/aromatic N) is 6. The van der Waals surface area contributed by atoms with Gasteiger partial charge in [-0.2, -0.15) is 5.10 Å². The van der Waals surface area contributed by atoms with E-state index >= 15 is 0 Å². The van der Waals surface area contributed by atoms with Crippen molar-refractivity contribution in [2.24, 2.45) is 7.05 Å². The van der Waals surface area contributed by atoms with Gasteiger partial charge in [0, 0.05) is 20.1 Å². The zero-order valence-electron chi connectivity index (χ0n) is 14.9. The van der Waals surface area contributed by atoms with Crippen LogP contribution in [-0.4, -0.2) is 44.9 Å². The number of fused-ring (bicyclic) bond motifs is 2. The number of hydrogen-bond acceptors (Lipinski definition) is 6. The number of anilines is 2. The molecule has 138 valence electrons. The highest BCUT2D eigenvalue weighted by molar-refractivity contribution is 6.33. The lowest BCUT2D eigenvalue weighted by Crippen LogP contribution is -2.69. The molecular formula is C17H20ClFN6O. The minimum absolute atomic E-state index is 0.000204. The second-order valence-corrected chi connectivity index (χ2v) is 7.56. The highest BCUT2D eigenvalue weighted by Gasteiger charge is 2.47. The molecule has 3 fully saturated rings. The second kappa shape index (κ2) is 6.19. The van der Waals surface area contributed by atoms with Gasteiger partial charge >= 0.3 is 0 Å². The first kappa shape index (κ1) is 17.2. The van der Waals surface area contributed by atoms with Crippen molar-refractivity contribution in [3.05, 3.63) is 39.4 Å². The largest absolute Gasteiger partial charge is 0.365 e. The molecule has 2 aromatic rings. The van der Waals surface area contributed by atoms with Gasteiger partial charge in [-0.1, -0.05) is 25.4 Å². The first-order valence-electron chi connectivity index (χ1n) is 8.64. The summed E-state index contributed by atoms with van der Waals surface area (Å²) in [5.74, 6) is 0.0384. The van der Waals surface area contributed by atoms with Crippen LogP contribution in [0.4, 0.5) is 15.9 Å². The van der Waals surface area contributed by atoms with Crippen LogP contribution in [0.1, 0.15) is 31.9 Å². The lowest BCUT2D eigenvalue weighted by molar-refractivity contribution is 0.284. The van der Waals surface area contributed by atoms with Crippen molar-refractivity contribution in [3.8, 4) is 0 Å². The lowest BCUT2D eigenvalue weighted by atomic mass is 9.87. The molecule has 7 nitrogen and oxygen atoms in total. The van der Waals surface area contributed by atoms with Crippen LogP contribution in [0.15, 0.2) is 17.3 Å². The fourth-order valence-corrected chi connectivity index (χ4v) is 4.12. The predicted octanol–water partition coefficient (Wildman–Crippen LogP) is 1.95. The van der Waals surface area contributed by atoms with E-state index in [1.165, 1.54) is 11.0 Å². The third kappa shape index (κ3) is 2.55. The molecule has 3 aliphatic heterocycles. The Bertz CT molecular complexity index is 905. The minimum Gasteiger partial charge on any atom is -0.365 e. The summed E-state index contributed by atoms with van der Waals surface area (Å²) in [7, 11) is 1.57. The van der Waals surface area contributed by atoms with E-state index in [9.17, 15) is 9.18 Å². The zero-order chi connectivity index (χ0) is 18.6. The average molecular weight is 379 g/mol. The zero-order valence-corrected chi connectivity index (χ0v) is 15.6. The third-order valence-electron chi connectivity index (χ3n) is 5.18. The van der Waals surface area contributed by atoms with Gasteiger partial charge in [0.25, 0.3) is 5.56 Å². The smallest absolute Gasteiger partial charge is 0.287 e. The van der Waals surface area contributed by atoms with E-state index < -0.39 is 0 Å². The molecule has 3 aliphatic rings. The topological polar surface area (TPSA) is 67.2 Å². The van der Waals surface area contributed by atoms with E-state index in [1.807, 2.05) is 18.7 Å². The van der Waals surface area contributed by atoms with E-state index in [0.29, 0.717) is 30.3 Å². The molecular weight excluding hydrogens is 359 g/mol. The van der Waals surface area contributed by atoms with Crippen molar-refractivity contribution in [1.29, 1.82) is 0 Å². The van der Waals surface area contributed by atoms with Crippen molar-refractivity contribution in [3.63, 3.8) is 0 Å². The summed E-state index contributed by atoms with van der Waals surface area (Å²) in [5.41, 5.74) is 0.759. The molecule has 0 aliphatic carbocycles. The fraction of sp³-hybridized carbons (Fsp3) is 0.529. The quantitative estimate of drug-likeness (QED) is 0.813. The van der Waals surface area contributed by atoms with Gasteiger partial charge in [0.15, 0.2) is 11.6 Å². The van der Waals surface area contributed by atoms with E-state index in [0.717, 1.165) is 6.42 Å². The summed E-state index contributed by atoms with van der Waals surface area (Å²) in [6.45, 7) is 5.12. The Hall–Kier alpha value is -2.22. The third-order valence-corrected chi connectivity index (χ3v) is 5.54. The molecule has 0 aromatic carbocycles. The van der Waals surface area contributed by atoms with Gasteiger partial charge in [-0.25, -0.2) is 19.0 Å². The second-order valence-electron chi connectivity index (χ2n) is 7.18. The highest BCUT2D eigenvalue weighted by atomic mass is 35.5. The summed E-state index contributed by atoms with van der Waals surface area (Å²) >= 11 is 6.22.